The van der Waals surface area contributed by atoms with Crippen molar-refractivity contribution in [1.29, 1.82) is 0 Å². The average molecular weight is 233 g/mol. The maximum Gasteiger partial charge on any atom is 0.326 e. The summed E-state index contributed by atoms with van der Waals surface area (Å²) in [6.45, 7) is 2.53. The van der Waals surface area contributed by atoms with Crippen LogP contribution in [0.2, 0.25) is 0 Å². The summed E-state index contributed by atoms with van der Waals surface area (Å²) in [5.74, 6) is -1.01. The van der Waals surface area contributed by atoms with Crippen molar-refractivity contribution in [3.63, 3.8) is 0 Å². The number of benzene rings is 1. The Bertz CT molecular complexity index is 456. The third-order valence-electron chi connectivity index (χ3n) is 3.06. The Morgan fingerprint density at radius 3 is 2.76 bits per heavy atom. The van der Waals surface area contributed by atoms with E-state index in [0.29, 0.717) is 13.0 Å². The van der Waals surface area contributed by atoms with Gasteiger partial charge in [-0.25, -0.2) is 4.79 Å². The van der Waals surface area contributed by atoms with Crippen LogP contribution in [0.1, 0.15) is 17.5 Å². The van der Waals surface area contributed by atoms with Crippen LogP contribution in [0.5, 0.6) is 0 Å². The van der Waals surface area contributed by atoms with Crippen LogP contribution in [0.3, 0.4) is 0 Å². The van der Waals surface area contributed by atoms with E-state index in [0.717, 1.165) is 11.1 Å². The Morgan fingerprint density at radius 2 is 2.24 bits per heavy atom. The smallest absolute Gasteiger partial charge is 0.326 e. The first-order valence-corrected chi connectivity index (χ1v) is 5.66. The third kappa shape index (κ3) is 2.46. The van der Waals surface area contributed by atoms with Gasteiger partial charge in [-0.15, -0.1) is 0 Å². The molecule has 0 unspecified atom stereocenters. The first-order valence-electron chi connectivity index (χ1n) is 5.66. The minimum absolute atomic E-state index is 0.103. The lowest BCUT2D eigenvalue weighted by molar-refractivity contribution is -0.156. The molecule has 1 N–H and O–H groups in total. The molecule has 90 valence electrons. The number of rotatable bonds is 3. The minimum Gasteiger partial charge on any atom is -0.480 e. The number of carbonyl (C=O) groups excluding carboxylic acids is 1. The van der Waals surface area contributed by atoms with Crippen molar-refractivity contribution < 1.29 is 14.7 Å². The van der Waals surface area contributed by atoms with Crippen molar-refractivity contribution >= 4 is 11.9 Å². The standard InChI is InChI=1S/C13H15NO3/c1-9-3-2-4-10(7-9)8-12(15)14-6-5-11(14)13(16)17/h2-4,7,11H,5-6,8H2,1H3,(H,16,17)/t11-/m0/s1. The molecular formula is C13H15NO3. The zero-order valence-corrected chi connectivity index (χ0v) is 9.72. The quantitative estimate of drug-likeness (QED) is 0.854. The maximum atomic E-state index is 11.9. The first-order chi connectivity index (χ1) is 8.08. The maximum absolute atomic E-state index is 11.9. The molecule has 0 aliphatic carbocycles. The molecular weight excluding hydrogens is 218 g/mol. The van der Waals surface area contributed by atoms with Crippen molar-refractivity contribution in [2.75, 3.05) is 6.54 Å². The van der Waals surface area contributed by atoms with Gasteiger partial charge in [0, 0.05) is 6.54 Å². The van der Waals surface area contributed by atoms with Gasteiger partial charge in [-0.2, -0.15) is 0 Å². The highest BCUT2D eigenvalue weighted by molar-refractivity contribution is 5.86. The summed E-state index contributed by atoms with van der Waals surface area (Å²) in [6.07, 6.45) is 0.848. The Hall–Kier alpha value is -1.84. The van der Waals surface area contributed by atoms with Gasteiger partial charge in [-0.1, -0.05) is 29.8 Å². The Balaban J connectivity index is 2.00. The lowest BCUT2D eigenvalue weighted by Gasteiger charge is -2.38. The number of nitrogens with zero attached hydrogens (tertiary/aromatic N) is 1. The van der Waals surface area contributed by atoms with E-state index in [9.17, 15) is 9.59 Å². The van der Waals surface area contributed by atoms with Crippen LogP contribution in [-0.4, -0.2) is 34.5 Å². The molecule has 1 atom stereocenters. The van der Waals surface area contributed by atoms with Crippen LogP contribution in [0.25, 0.3) is 0 Å². The molecule has 0 spiro atoms. The fraction of sp³-hybridized carbons (Fsp3) is 0.385. The van der Waals surface area contributed by atoms with E-state index in [1.807, 2.05) is 31.2 Å². The molecule has 1 heterocycles. The molecule has 1 aliphatic rings. The van der Waals surface area contributed by atoms with E-state index < -0.39 is 12.0 Å². The summed E-state index contributed by atoms with van der Waals surface area (Å²) >= 11 is 0. The van der Waals surface area contributed by atoms with E-state index in [1.54, 1.807) is 0 Å². The van der Waals surface area contributed by atoms with E-state index in [4.69, 9.17) is 5.11 Å². The number of aryl methyl sites for hydroxylation is 1. The second-order valence-electron chi connectivity index (χ2n) is 4.40. The van der Waals surface area contributed by atoms with Gasteiger partial charge in [0.2, 0.25) is 5.91 Å². The molecule has 4 nitrogen and oxygen atoms in total. The van der Waals surface area contributed by atoms with Gasteiger partial charge in [0.25, 0.3) is 0 Å². The Morgan fingerprint density at radius 1 is 1.47 bits per heavy atom. The summed E-state index contributed by atoms with van der Waals surface area (Å²) in [7, 11) is 0. The van der Waals surface area contributed by atoms with E-state index in [-0.39, 0.29) is 12.3 Å². The number of aliphatic carboxylic acids is 1. The molecule has 4 heteroatoms. The zero-order valence-electron chi connectivity index (χ0n) is 9.72. The van der Waals surface area contributed by atoms with Gasteiger partial charge in [0.1, 0.15) is 6.04 Å². The molecule has 0 bridgehead atoms. The summed E-state index contributed by atoms with van der Waals surface area (Å²) < 4.78 is 0. The fourth-order valence-electron chi connectivity index (χ4n) is 2.04. The molecule has 1 aliphatic heterocycles. The highest BCUT2D eigenvalue weighted by Gasteiger charge is 2.37. The first kappa shape index (κ1) is 11.6. The Labute approximate surface area is 99.9 Å². The van der Waals surface area contributed by atoms with E-state index in [1.165, 1.54) is 4.90 Å². The van der Waals surface area contributed by atoms with Crippen molar-refractivity contribution in [3.8, 4) is 0 Å². The molecule has 0 aromatic heterocycles. The normalized spacial score (nSPS) is 18.6. The monoisotopic (exact) mass is 233 g/mol. The molecule has 0 saturated carbocycles. The summed E-state index contributed by atoms with van der Waals surface area (Å²) in [5, 5.41) is 8.87. The van der Waals surface area contributed by atoms with Crippen LogP contribution < -0.4 is 0 Å². The van der Waals surface area contributed by atoms with Gasteiger partial charge >= 0.3 is 5.97 Å². The SMILES string of the molecule is Cc1cccc(CC(=O)N2CC[C@H]2C(=O)O)c1. The topological polar surface area (TPSA) is 57.6 Å². The molecule has 17 heavy (non-hydrogen) atoms. The van der Waals surface area contributed by atoms with Crippen molar-refractivity contribution in [2.24, 2.45) is 0 Å². The molecule has 1 aromatic carbocycles. The molecule has 1 aromatic rings. The number of amides is 1. The minimum atomic E-state index is -0.908. The molecule has 1 saturated heterocycles. The van der Waals surface area contributed by atoms with Crippen LogP contribution in [0.4, 0.5) is 0 Å². The average Bonchev–Trinajstić information content (AvgIpc) is 2.13. The lowest BCUT2D eigenvalue weighted by atomic mass is 10.0. The number of carboxylic acid groups (broad SMARTS) is 1. The molecule has 0 radical (unpaired) electrons. The number of carbonyl (C=O) groups is 2. The van der Waals surface area contributed by atoms with Crippen LogP contribution in [-0.2, 0) is 16.0 Å². The molecule has 1 amide bonds. The highest BCUT2D eigenvalue weighted by Crippen LogP contribution is 2.19. The van der Waals surface area contributed by atoms with E-state index in [2.05, 4.69) is 0 Å². The lowest BCUT2D eigenvalue weighted by Crippen LogP contribution is -2.55. The third-order valence-corrected chi connectivity index (χ3v) is 3.06. The summed E-state index contributed by atoms with van der Waals surface area (Å²) in [6, 6.07) is 7.10. The van der Waals surface area contributed by atoms with Crippen LogP contribution in [0.15, 0.2) is 24.3 Å². The van der Waals surface area contributed by atoms with Gasteiger partial charge < -0.3 is 10.0 Å². The number of hydrogen-bond acceptors (Lipinski definition) is 2. The van der Waals surface area contributed by atoms with Gasteiger partial charge in [0.05, 0.1) is 6.42 Å². The van der Waals surface area contributed by atoms with Gasteiger partial charge in [-0.3, -0.25) is 4.79 Å². The second-order valence-corrected chi connectivity index (χ2v) is 4.40. The predicted molar refractivity (Wildman–Crippen MR) is 62.6 cm³/mol. The van der Waals surface area contributed by atoms with Crippen molar-refractivity contribution in [1.82, 2.24) is 4.90 Å². The molecule has 1 fully saturated rings. The van der Waals surface area contributed by atoms with Crippen LogP contribution in [0, 0.1) is 6.92 Å². The summed E-state index contributed by atoms with van der Waals surface area (Å²) in [5.41, 5.74) is 2.04. The van der Waals surface area contributed by atoms with Gasteiger partial charge in [-0.05, 0) is 18.9 Å². The Kier molecular flexibility index (Phi) is 3.13. The summed E-state index contributed by atoms with van der Waals surface area (Å²) in [4.78, 5) is 24.1. The van der Waals surface area contributed by atoms with Gasteiger partial charge in [0.15, 0.2) is 0 Å². The van der Waals surface area contributed by atoms with Crippen molar-refractivity contribution in [3.05, 3.63) is 35.4 Å². The van der Waals surface area contributed by atoms with E-state index >= 15 is 0 Å². The number of hydrogen-bond donors (Lipinski definition) is 1. The highest BCUT2D eigenvalue weighted by atomic mass is 16.4. The molecule has 2 rings (SSSR count). The predicted octanol–water partition coefficient (Wildman–Crippen LogP) is 1.22. The second kappa shape index (κ2) is 4.57. The number of carboxylic acids is 1. The van der Waals surface area contributed by atoms with Crippen molar-refractivity contribution in [2.45, 2.75) is 25.8 Å². The fourth-order valence-corrected chi connectivity index (χ4v) is 2.04. The zero-order chi connectivity index (χ0) is 12.4. The number of likely N-dealkylation sites (tertiary alicyclic amines) is 1. The largest absolute Gasteiger partial charge is 0.480 e. The van der Waals surface area contributed by atoms with Crippen LogP contribution >= 0.6 is 0 Å².